The zero-order valence-corrected chi connectivity index (χ0v) is 9.41. The predicted octanol–water partition coefficient (Wildman–Crippen LogP) is 0.426. The number of Topliss-reactive ketones (excluding diaryl/α,β-unsaturated/α-hetero) is 1. The third-order valence-electron chi connectivity index (χ3n) is 1.80. The van der Waals surface area contributed by atoms with E-state index >= 15 is 0 Å². The number of hydrogen-bond donors (Lipinski definition) is 1. The van der Waals surface area contributed by atoms with Gasteiger partial charge in [0.2, 0.25) is 10.0 Å². The molecule has 1 aromatic rings. The number of sulfonamides is 1. The van der Waals surface area contributed by atoms with Crippen molar-refractivity contribution in [2.45, 2.75) is 11.8 Å². The Kier molecular flexibility index (Phi) is 3.77. The topological polar surface area (TPSA) is 87.0 Å². The van der Waals surface area contributed by atoms with Gasteiger partial charge in [-0.15, -0.1) is 0 Å². The Hall–Kier alpha value is -1.71. The monoisotopic (exact) mass is 238 g/mol. The molecule has 0 saturated carbocycles. The second-order valence-electron chi connectivity index (χ2n) is 3.16. The molecule has 0 aliphatic rings. The van der Waals surface area contributed by atoms with E-state index in [1.54, 1.807) is 0 Å². The molecule has 0 spiro atoms. The first-order valence-electron chi connectivity index (χ1n) is 4.45. The van der Waals surface area contributed by atoms with Crippen molar-refractivity contribution >= 4 is 15.8 Å². The van der Waals surface area contributed by atoms with Crippen molar-refractivity contribution in [1.29, 1.82) is 5.26 Å². The first-order chi connectivity index (χ1) is 7.45. The quantitative estimate of drug-likeness (QED) is 0.823. The minimum absolute atomic E-state index is 0.0350. The van der Waals surface area contributed by atoms with E-state index in [1.807, 2.05) is 6.07 Å². The molecule has 0 aliphatic carbocycles. The second-order valence-corrected chi connectivity index (χ2v) is 4.93. The number of hydrogen-bond acceptors (Lipinski definition) is 4. The predicted molar refractivity (Wildman–Crippen MR) is 57.0 cm³/mol. The summed E-state index contributed by atoms with van der Waals surface area (Å²) in [6.07, 6.45) is 0. The van der Waals surface area contributed by atoms with Crippen LogP contribution in [0.15, 0.2) is 29.2 Å². The number of nitrogens with zero attached hydrogens (tertiary/aromatic N) is 1. The van der Waals surface area contributed by atoms with E-state index in [9.17, 15) is 13.2 Å². The van der Waals surface area contributed by atoms with Crippen molar-refractivity contribution in [2.75, 3.05) is 6.54 Å². The Morgan fingerprint density at radius 2 is 1.94 bits per heavy atom. The fraction of sp³-hybridized carbons (Fsp3) is 0.200. The molecule has 6 heteroatoms. The smallest absolute Gasteiger partial charge is 0.240 e. The maximum atomic E-state index is 11.6. The summed E-state index contributed by atoms with van der Waals surface area (Å²) in [7, 11) is -3.66. The first kappa shape index (κ1) is 12.4. The standard InChI is InChI=1S/C10H10N2O3S/c1-8(13)7-12-16(14,15)10-4-2-9(6-11)3-5-10/h2-5,12H,7H2,1H3. The minimum atomic E-state index is -3.66. The molecule has 5 nitrogen and oxygen atoms in total. The van der Waals surface area contributed by atoms with Crippen LogP contribution in [-0.4, -0.2) is 20.7 Å². The third-order valence-corrected chi connectivity index (χ3v) is 3.22. The molecule has 0 saturated heterocycles. The van der Waals surface area contributed by atoms with Gasteiger partial charge in [-0.1, -0.05) is 0 Å². The molecular formula is C10H10N2O3S. The lowest BCUT2D eigenvalue weighted by Crippen LogP contribution is -2.28. The van der Waals surface area contributed by atoms with Gasteiger partial charge in [-0.05, 0) is 31.2 Å². The summed E-state index contributed by atoms with van der Waals surface area (Å²) in [6, 6.07) is 7.34. The van der Waals surface area contributed by atoms with Crippen molar-refractivity contribution in [3.05, 3.63) is 29.8 Å². The summed E-state index contributed by atoms with van der Waals surface area (Å²) in [5.41, 5.74) is 0.380. The summed E-state index contributed by atoms with van der Waals surface area (Å²) in [6.45, 7) is 1.06. The van der Waals surface area contributed by atoms with Gasteiger partial charge in [-0.3, -0.25) is 4.79 Å². The SMILES string of the molecule is CC(=O)CNS(=O)(=O)c1ccc(C#N)cc1. The summed E-state index contributed by atoms with van der Waals surface area (Å²) < 4.78 is 25.3. The van der Waals surface area contributed by atoms with Gasteiger partial charge in [-0.2, -0.15) is 5.26 Å². The molecule has 0 radical (unpaired) electrons. The van der Waals surface area contributed by atoms with Gasteiger partial charge < -0.3 is 0 Å². The number of carbonyl (C=O) groups is 1. The lowest BCUT2D eigenvalue weighted by molar-refractivity contribution is -0.115. The highest BCUT2D eigenvalue weighted by Crippen LogP contribution is 2.09. The molecule has 84 valence electrons. The third kappa shape index (κ3) is 3.15. The maximum Gasteiger partial charge on any atom is 0.240 e. The molecule has 16 heavy (non-hydrogen) atoms. The molecular weight excluding hydrogens is 228 g/mol. The van der Waals surface area contributed by atoms with E-state index in [4.69, 9.17) is 5.26 Å². The number of benzene rings is 1. The molecule has 0 bridgehead atoms. The Bertz CT molecular complexity index is 526. The molecule has 1 N–H and O–H groups in total. The largest absolute Gasteiger partial charge is 0.299 e. The van der Waals surface area contributed by atoms with E-state index in [1.165, 1.54) is 31.2 Å². The van der Waals surface area contributed by atoms with Crippen LogP contribution in [0, 0.1) is 11.3 Å². The van der Waals surface area contributed by atoms with E-state index in [2.05, 4.69) is 4.72 Å². The van der Waals surface area contributed by atoms with Crippen molar-refractivity contribution in [3.8, 4) is 6.07 Å². The number of ketones is 1. The van der Waals surface area contributed by atoms with E-state index in [0.717, 1.165) is 0 Å². The zero-order valence-electron chi connectivity index (χ0n) is 8.60. The van der Waals surface area contributed by atoms with Crippen LogP contribution in [0.1, 0.15) is 12.5 Å². The van der Waals surface area contributed by atoms with Gasteiger partial charge in [0.1, 0.15) is 5.78 Å². The van der Waals surface area contributed by atoms with Gasteiger partial charge in [0.15, 0.2) is 0 Å². The van der Waals surface area contributed by atoms with Crippen LogP contribution in [0.25, 0.3) is 0 Å². The Balaban J connectivity index is 2.91. The summed E-state index contributed by atoms with van der Waals surface area (Å²) in [5.74, 6) is -0.266. The first-order valence-corrected chi connectivity index (χ1v) is 5.93. The van der Waals surface area contributed by atoms with E-state index in [-0.39, 0.29) is 17.2 Å². The van der Waals surface area contributed by atoms with Crippen molar-refractivity contribution in [2.24, 2.45) is 0 Å². The van der Waals surface area contributed by atoms with E-state index in [0.29, 0.717) is 5.56 Å². The summed E-state index contributed by atoms with van der Waals surface area (Å²) in [5, 5.41) is 8.55. The highest BCUT2D eigenvalue weighted by Gasteiger charge is 2.13. The Labute approximate surface area is 93.8 Å². The number of rotatable bonds is 4. The van der Waals surface area contributed by atoms with Crippen LogP contribution in [-0.2, 0) is 14.8 Å². The van der Waals surface area contributed by atoms with Crippen LogP contribution in [0.2, 0.25) is 0 Å². The van der Waals surface area contributed by atoms with Crippen LogP contribution >= 0.6 is 0 Å². The molecule has 0 heterocycles. The lowest BCUT2D eigenvalue weighted by atomic mass is 10.2. The van der Waals surface area contributed by atoms with Gasteiger partial charge in [0.25, 0.3) is 0 Å². The minimum Gasteiger partial charge on any atom is -0.299 e. The Morgan fingerprint density at radius 3 is 2.38 bits per heavy atom. The number of carbonyl (C=O) groups excluding carboxylic acids is 1. The average molecular weight is 238 g/mol. The van der Waals surface area contributed by atoms with Crippen LogP contribution < -0.4 is 4.72 Å². The molecule has 0 unspecified atom stereocenters. The normalized spacial score (nSPS) is 10.8. The van der Waals surface area contributed by atoms with Gasteiger partial charge in [0, 0.05) is 0 Å². The number of nitriles is 1. The van der Waals surface area contributed by atoms with Crippen molar-refractivity contribution < 1.29 is 13.2 Å². The molecule has 1 rings (SSSR count). The fourth-order valence-electron chi connectivity index (χ4n) is 0.989. The molecule has 0 fully saturated rings. The zero-order chi connectivity index (χ0) is 12.2. The highest BCUT2D eigenvalue weighted by molar-refractivity contribution is 7.89. The number of nitrogens with one attached hydrogen (secondary N) is 1. The molecule has 0 atom stereocenters. The maximum absolute atomic E-state index is 11.6. The van der Waals surface area contributed by atoms with Crippen LogP contribution in [0.5, 0.6) is 0 Å². The molecule has 1 aromatic carbocycles. The van der Waals surface area contributed by atoms with E-state index < -0.39 is 10.0 Å². The summed E-state index contributed by atoms with van der Waals surface area (Å²) >= 11 is 0. The van der Waals surface area contributed by atoms with Crippen molar-refractivity contribution in [1.82, 2.24) is 4.72 Å². The average Bonchev–Trinajstić information content (AvgIpc) is 2.27. The lowest BCUT2D eigenvalue weighted by Gasteiger charge is -2.04. The molecule has 0 aliphatic heterocycles. The fourth-order valence-corrected chi connectivity index (χ4v) is 2.04. The molecule has 0 aromatic heterocycles. The van der Waals surface area contributed by atoms with Crippen LogP contribution in [0.4, 0.5) is 0 Å². The highest BCUT2D eigenvalue weighted by atomic mass is 32.2. The van der Waals surface area contributed by atoms with Crippen molar-refractivity contribution in [3.63, 3.8) is 0 Å². The second kappa shape index (κ2) is 4.88. The van der Waals surface area contributed by atoms with Gasteiger partial charge in [0.05, 0.1) is 23.1 Å². The van der Waals surface area contributed by atoms with Crippen LogP contribution in [0.3, 0.4) is 0 Å². The summed E-state index contributed by atoms with van der Waals surface area (Å²) in [4.78, 5) is 10.7. The van der Waals surface area contributed by atoms with Gasteiger partial charge >= 0.3 is 0 Å². The Morgan fingerprint density at radius 1 is 1.38 bits per heavy atom. The van der Waals surface area contributed by atoms with Gasteiger partial charge in [-0.25, -0.2) is 13.1 Å². The molecule has 0 amide bonds.